The van der Waals surface area contributed by atoms with Gasteiger partial charge in [-0.3, -0.25) is 0 Å². The van der Waals surface area contributed by atoms with Gasteiger partial charge in [-0.25, -0.2) is 4.79 Å². The van der Waals surface area contributed by atoms with Gasteiger partial charge >= 0.3 is 6.03 Å². The molecule has 0 aliphatic carbocycles. The average molecular weight is 236 g/mol. The minimum atomic E-state index is -0.160. The van der Waals surface area contributed by atoms with Crippen LogP contribution in [-0.2, 0) is 0 Å². The molecule has 0 saturated carbocycles. The van der Waals surface area contributed by atoms with E-state index in [0.717, 1.165) is 29.8 Å². The molecular weight excluding hydrogens is 216 g/mol. The van der Waals surface area contributed by atoms with Gasteiger partial charge in [-0.05, 0) is 37.1 Å². The predicted molar refractivity (Wildman–Crippen MR) is 69.7 cm³/mol. The molecule has 4 heteroatoms. The second-order valence-electron chi connectivity index (χ2n) is 3.92. The zero-order valence-corrected chi connectivity index (χ0v) is 10.7. The molecule has 1 aromatic carbocycles. The summed E-state index contributed by atoms with van der Waals surface area (Å²) in [6, 6.07) is 5.40. The first kappa shape index (κ1) is 13.4. The second kappa shape index (κ2) is 6.78. The molecule has 1 aromatic rings. The topological polar surface area (TPSA) is 50.4 Å². The minimum Gasteiger partial charge on any atom is -0.497 e. The Kier molecular flexibility index (Phi) is 5.33. The maximum Gasteiger partial charge on any atom is 0.319 e. The third-order valence-corrected chi connectivity index (χ3v) is 2.50. The summed E-state index contributed by atoms with van der Waals surface area (Å²) in [5.41, 5.74) is 1.79. The number of ether oxygens (including phenoxy) is 1. The van der Waals surface area contributed by atoms with Gasteiger partial charge in [0.25, 0.3) is 0 Å². The molecule has 0 fully saturated rings. The van der Waals surface area contributed by atoms with Crippen molar-refractivity contribution in [1.29, 1.82) is 0 Å². The molecule has 1 rings (SSSR count). The van der Waals surface area contributed by atoms with Gasteiger partial charge in [0.2, 0.25) is 0 Å². The number of carbonyl (C=O) groups is 1. The molecule has 2 N–H and O–H groups in total. The number of carbonyl (C=O) groups excluding carboxylic acids is 1. The number of hydrogen-bond donors (Lipinski definition) is 2. The molecule has 0 atom stereocenters. The van der Waals surface area contributed by atoms with E-state index in [-0.39, 0.29) is 6.03 Å². The van der Waals surface area contributed by atoms with Gasteiger partial charge in [0.15, 0.2) is 0 Å². The molecule has 0 aliphatic rings. The number of urea groups is 1. The Labute approximate surface area is 102 Å². The first-order chi connectivity index (χ1) is 8.17. The number of unbranched alkanes of at least 4 members (excludes halogenated alkanes) is 1. The molecule has 0 aliphatic heterocycles. The van der Waals surface area contributed by atoms with Crippen molar-refractivity contribution in [3.63, 3.8) is 0 Å². The van der Waals surface area contributed by atoms with E-state index in [1.807, 2.05) is 25.1 Å². The standard InChI is InChI=1S/C13H20N2O2/c1-4-5-8-14-13(16)15-12-7-6-11(17-3)9-10(12)2/h6-7,9H,4-5,8H2,1-3H3,(H2,14,15,16). The fraction of sp³-hybridized carbons (Fsp3) is 0.462. The van der Waals surface area contributed by atoms with Crippen molar-refractivity contribution in [2.24, 2.45) is 0 Å². The van der Waals surface area contributed by atoms with Crippen molar-refractivity contribution in [1.82, 2.24) is 5.32 Å². The summed E-state index contributed by atoms with van der Waals surface area (Å²) in [4.78, 5) is 11.5. The van der Waals surface area contributed by atoms with Gasteiger partial charge in [-0.1, -0.05) is 13.3 Å². The van der Waals surface area contributed by atoms with Crippen LogP contribution in [0.3, 0.4) is 0 Å². The van der Waals surface area contributed by atoms with Crippen LogP contribution in [0.15, 0.2) is 18.2 Å². The Morgan fingerprint density at radius 3 is 2.76 bits per heavy atom. The normalized spacial score (nSPS) is 9.82. The molecule has 0 bridgehead atoms. The van der Waals surface area contributed by atoms with Gasteiger partial charge in [0.1, 0.15) is 5.75 Å². The first-order valence-electron chi connectivity index (χ1n) is 5.87. The predicted octanol–water partition coefficient (Wildman–Crippen LogP) is 2.93. The largest absolute Gasteiger partial charge is 0.497 e. The van der Waals surface area contributed by atoms with E-state index in [2.05, 4.69) is 17.6 Å². The fourth-order valence-corrected chi connectivity index (χ4v) is 1.45. The Bertz CT molecular complexity index is 378. The van der Waals surface area contributed by atoms with Crippen LogP contribution in [0.25, 0.3) is 0 Å². The summed E-state index contributed by atoms with van der Waals surface area (Å²) in [5.74, 6) is 0.791. The van der Waals surface area contributed by atoms with E-state index >= 15 is 0 Å². The minimum absolute atomic E-state index is 0.160. The lowest BCUT2D eigenvalue weighted by Gasteiger charge is -2.10. The van der Waals surface area contributed by atoms with Crippen LogP contribution in [0.5, 0.6) is 5.75 Å². The monoisotopic (exact) mass is 236 g/mol. The second-order valence-corrected chi connectivity index (χ2v) is 3.92. The molecule has 4 nitrogen and oxygen atoms in total. The van der Waals surface area contributed by atoms with Crippen LogP contribution < -0.4 is 15.4 Å². The Balaban J connectivity index is 2.53. The van der Waals surface area contributed by atoms with Gasteiger partial charge in [-0.2, -0.15) is 0 Å². The zero-order chi connectivity index (χ0) is 12.7. The SMILES string of the molecule is CCCCNC(=O)Nc1ccc(OC)cc1C. The van der Waals surface area contributed by atoms with Gasteiger partial charge in [0.05, 0.1) is 7.11 Å². The highest BCUT2D eigenvalue weighted by Gasteiger charge is 2.04. The molecular formula is C13H20N2O2. The summed E-state index contributed by atoms with van der Waals surface area (Å²) in [6.45, 7) is 4.73. The smallest absolute Gasteiger partial charge is 0.319 e. The van der Waals surface area contributed by atoms with E-state index < -0.39 is 0 Å². The number of hydrogen-bond acceptors (Lipinski definition) is 2. The summed E-state index contributed by atoms with van der Waals surface area (Å²) in [7, 11) is 1.62. The van der Waals surface area contributed by atoms with Crippen LogP contribution in [0.4, 0.5) is 10.5 Å². The quantitative estimate of drug-likeness (QED) is 0.772. The van der Waals surface area contributed by atoms with Crippen LogP contribution in [-0.4, -0.2) is 19.7 Å². The molecule has 0 spiro atoms. The van der Waals surface area contributed by atoms with E-state index in [9.17, 15) is 4.79 Å². The van der Waals surface area contributed by atoms with Crippen molar-refractivity contribution < 1.29 is 9.53 Å². The lowest BCUT2D eigenvalue weighted by atomic mass is 10.2. The van der Waals surface area contributed by atoms with Crippen LogP contribution in [0, 0.1) is 6.92 Å². The highest BCUT2D eigenvalue weighted by atomic mass is 16.5. The highest BCUT2D eigenvalue weighted by molar-refractivity contribution is 5.90. The van der Waals surface area contributed by atoms with Crippen LogP contribution in [0.1, 0.15) is 25.3 Å². The molecule has 0 unspecified atom stereocenters. The Hall–Kier alpha value is -1.71. The Morgan fingerprint density at radius 2 is 2.18 bits per heavy atom. The Morgan fingerprint density at radius 1 is 1.41 bits per heavy atom. The highest BCUT2D eigenvalue weighted by Crippen LogP contribution is 2.20. The number of nitrogens with one attached hydrogen (secondary N) is 2. The van der Waals surface area contributed by atoms with E-state index in [1.165, 1.54) is 0 Å². The van der Waals surface area contributed by atoms with E-state index in [4.69, 9.17) is 4.74 Å². The molecule has 0 aromatic heterocycles. The van der Waals surface area contributed by atoms with E-state index in [0.29, 0.717) is 6.54 Å². The van der Waals surface area contributed by atoms with Gasteiger partial charge < -0.3 is 15.4 Å². The summed E-state index contributed by atoms with van der Waals surface area (Å²) in [6.07, 6.45) is 2.07. The van der Waals surface area contributed by atoms with Crippen LogP contribution in [0.2, 0.25) is 0 Å². The number of amides is 2. The molecule has 2 amide bonds. The number of anilines is 1. The fourth-order valence-electron chi connectivity index (χ4n) is 1.45. The zero-order valence-electron chi connectivity index (χ0n) is 10.7. The maximum atomic E-state index is 11.5. The molecule has 0 heterocycles. The third-order valence-electron chi connectivity index (χ3n) is 2.50. The first-order valence-corrected chi connectivity index (χ1v) is 5.87. The maximum absolute atomic E-state index is 11.5. The van der Waals surface area contributed by atoms with Crippen molar-refractivity contribution in [2.45, 2.75) is 26.7 Å². The summed E-state index contributed by atoms with van der Waals surface area (Å²) < 4.78 is 5.11. The summed E-state index contributed by atoms with van der Waals surface area (Å²) >= 11 is 0. The molecule has 94 valence electrons. The van der Waals surface area contributed by atoms with Crippen LogP contribution >= 0.6 is 0 Å². The molecule has 0 radical (unpaired) electrons. The van der Waals surface area contributed by atoms with Gasteiger partial charge in [0, 0.05) is 12.2 Å². The van der Waals surface area contributed by atoms with Crippen molar-refractivity contribution in [2.75, 3.05) is 19.0 Å². The third kappa shape index (κ3) is 4.34. The number of benzene rings is 1. The average Bonchev–Trinajstić information content (AvgIpc) is 2.32. The van der Waals surface area contributed by atoms with Crippen molar-refractivity contribution in [3.8, 4) is 5.75 Å². The number of methoxy groups -OCH3 is 1. The van der Waals surface area contributed by atoms with Crippen molar-refractivity contribution in [3.05, 3.63) is 23.8 Å². The van der Waals surface area contributed by atoms with Crippen molar-refractivity contribution >= 4 is 11.7 Å². The molecule has 0 saturated heterocycles. The lowest BCUT2D eigenvalue weighted by Crippen LogP contribution is -2.29. The van der Waals surface area contributed by atoms with E-state index in [1.54, 1.807) is 7.11 Å². The lowest BCUT2D eigenvalue weighted by molar-refractivity contribution is 0.252. The number of rotatable bonds is 5. The van der Waals surface area contributed by atoms with Gasteiger partial charge in [-0.15, -0.1) is 0 Å². The molecule has 17 heavy (non-hydrogen) atoms. The number of aryl methyl sites for hydroxylation is 1. The summed E-state index contributed by atoms with van der Waals surface area (Å²) in [5, 5.41) is 5.62.